The number of hydrogen-bond donors (Lipinski definition) is 0. The van der Waals surface area contributed by atoms with E-state index in [4.69, 9.17) is 10.00 Å². The van der Waals surface area contributed by atoms with E-state index in [1.165, 1.54) is 18.2 Å². The molecule has 1 aliphatic heterocycles. The van der Waals surface area contributed by atoms with Crippen molar-refractivity contribution in [3.63, 3.8) is 0 Å². The first kappa shape index (κ1) is 13.2. The molecular formula is C13H14FNO2S. The van der Waals surface area contributed by atoms with E-state index in [-0.39, 0.29) is 17.1 Å². The molecule has 2 rings (SSSR count). The van der Waals surface area contributed by atoms with Gasteiger partial charge in [-0.2, -0.15) is 5.26 Å². The maximum absolute atomic E-state index is 13.2. The Morgan fingerprint density at radius 2 is 2.39 bits per heavy atom. The summed E-state index contributed by atoms with van der Waals surface area (Å²) in [4.78, 5) is 0. The summed E-state index contributed by atoms with van der Waals surface area (Å²) in [6, 6.07) is 5.96. The molecule has 0 radical (unpaired) electrons. The minimum Gasteiger partial charge on any atom is -0.377 e. The van der Waals surface area contributed by atoms with Gasteiger partial charge in [0, 0.05) is 17.4 Å². The van der Waals surface area contributed by atoms with E-state index in [0.29, 0.717) is 17.7 Å². The Hall–Kier alpha value is -1.25. The molecule has 0 spiro atoms. The highest BCUT2D eigenvalue weighted by Crippen LogP contribution is 2.22. The van der Waals surface area contributed by atoms with Crippen molar-refractivity contribution in [3.05, 3.63) is 35.1 Å². The second kappa shape index (κ2) is 5.59. The number of rotatable bonds is 3. The molecular weight excluding hydrogens is 253 g/mol. The van der Waals surface area contributed by atoms with Crippen LogP contribution in [0.1, 0.15) is 24.5 Å². The van der Waals surface area contributed by atoms with Gasteiger partial charge < -0.3 is 4.74 Å². The van der Waals surface area contributed by atoms with E-state index in [0.717, 1.165) is 6.42 Å². The van der Waals surface area contributed by atoms with Gasteiger partial charge in [0.05, 0.1) is 28.7 Å². The van der Waals surface area contributed by atoms with Gasteiger partial charge in [-0.05, 0) is 37.1 Å². The topological polar surface area (TPSA) is 50.1 Å². The fourth-order valence-electron chi connectivity index (χ4n) is 2.11. The standard InChI is InChI=1S/C13H14FNO2S/c1-9-13(4-5-17-9)18(16)8-11-6-12(14)3-2-10(11)7-15/h2-3,6,9,13H,4-5,8H2,1H3. The number of ether oxygens (including phenoxy) is 1. The monoisotopic (exact) mass is 267 g/mol. The smallest absolute Gasteiger partial charge is 0.123 e. The zero-order valence-electron chi connectivity index (χ0n) is 10.1. The van der Waals surface area contributed by atoms with Gasteiger partial charge in [-0.1, -0.05) is 0 Å². The summed E-state index contributed by atoms with van der Waals surface area (Å²) >= 11 is 0. The van der Waals surface area contributed by atoms with Crippen LogP contribution >= 0.6 is 0 Å². The fourth-order valence-corrected chi connectivity index (χ4v) is 3.73. The van der Waals surface area contributed by atoms with Crippen molar-refractivity contribution in [3.8, 4) is 6.07 Å². The molecule has 1 aromatic carbocycles. The summed E-state index contributed by atoms with van der Waals surface area (Å²) in [7, 11) is -1.14. The lowest BCUT2D eigenvalue weighted by molar-refractivity contribution is 0.127. The van der Waals surface area contributed by atoms with E-state index in [1.54, 1.807) is 0 Å². The first-order chi connectivity index (χ1) is 8.61. The summed E-state index contributed by atoms with van der Waals surface area (Å²) in [5, 5.41) is 8.92. The Morgan fingerprint density at radius 1 is 1.61 bits per heavy atom. The maximum Gasteiger partial charge on any atom is 0.123 e. The van der Waals surface area contributed by atoms with Crippen molar-refractivity contribution < 1.29 is 13.3 Å². The lowest BCUT2D eigenvalue weighted by atomic mass is 10.1. The Balaban J connectivity index is 2.16. The number of nitrogens with zero attached hydrogens (tertiary/aromatic N) is 1. The molecule has 0 saturated carbocycles. The third kappa shape index (κ3) is 2.77. The Labute approximate surface area is 108 Å². The van der Waals surface area contributed by atoms with Crippen LogP contribution in [0.25, 0.3) is 0 Å². The molecule has 1 saturated heterocycles. The summed E-state index contributed by atoms with van der Waals surface area (Å²) in [5.41, 5.74) is 0.895. The molecule has 1 fully saturated rings. The minimum absolute atomic E-state index is 0.0280. The molecule has 0 aromatic heterocycles. The molecule has 1 heterocycles. The molecule has 3 unspecified atom stereocenters. The average Bonchev–Trinajstić information content (AvgIpc) is 2.76. The maximum atomic E-state index is 13.2. The molecule has 1 aliphatic rings. The number of benzene rings is 1. The van der Waals surface area contributed by atoms with Crippen LogP contribution in [0.2, 0.25) is 0 Å². The average molecular weight is 267 g/mol. The van der Waals surface area contributed by atoms with Crippen molar-refractivity contribution in [1.82, 2.24) is 0 Å². The number of hydrogen-bond acceptors (Lipinski definition) is 3. The first-order valence-electron chi connectivity index (χ1n) is 5.79. The highest BCUT2D eigenvalue weighted by Gasteiger charge is 2.29. The molecule has 0 amide bonds. The van der Waals surface area contributed by atoms with Crippen LogP contribution in [0.3, 0.4) is 0 Å². The lowest BCUT2D eigenvalue weighted by Crippen LogP contribution is -2.24. The quantitative estimate of drug-likeness (QED) is 0.843. The van der Waals surface area contributed by atoms with Crippen LogP contribution in [-0.2, 0) is 21.3 Å². The molecule has 1 aromatic rings. The van der Waals surface area contributed by atoms with Crippen molar-refractivity contribution in [2.45, 2.75) is 30.5 Å². The summed E-state index contributed by atoms with van der Waals surface area (Å²) in [6.07, 6.45) is 0.718. The zero-order chi connectivity index (χ0) is 13.1. The van der Waals surface area contributed by atoms with Gasteiger partial charge >= 0.3 is 0 Å². The van der Waals surface area contributed by atoms with Crippen LogP contribution in [0.5, 0.6) is 0 Å². The van der Waals surface area contributed by atoms with Crippen molar-refractivity contribution in [1.29, 1.82) is 5.26 Å². The molecule has 18 heavy (non-hydrogen) atoms. The molecule has 3 atom stereocenters. The van der Waals surface area contributed by atoms with Crippen LogP contribution in [0.15, 0.2) is 18.2 Å². The van der Waals surface area contributed by atoms with Gasteiger partial charge in [-0.25, -0.2) is 4.39 Å². The molecule has 96 valence electrons. The van der Waals surface area contributed by atoms with Gasteiger partial charge in [-0.3, -0.25) is 4.21 Å². The molecule has 3 nitrogen and oxygen atoms in total. The minimum atomic E-state index is -1.14. The predicted molar refractivity (Wildman–Crippen MR) is 66.8 cm³/mol. The normalized spacial score (nSPS) is 24.7. The largest absolute Gasteiger partial charge is 0.377 e. The van der Waals surface area contributed by atoms with Gasteiger partial charge in [0.2, 0.25) is 0 Å². The van der Waals surface area contributed by atoms with Gasteiger partial charge in [0.25, 0.3) is 0 Å². The van der Waals surface area contributed by atoms with Crippen molar-refractivity contribution in [2.75, 3.05) is 6.61 Å². The second-order valence-corrected chi connectivity index (χ2v) is 6.00. The number of nitriles is 1. The van der Waals surface area contributed by atoms with Crippen LogP contribution in [0.4, 0.5) is 4.39 Å². The summed E-state index contributed by atoms with van der Waals surface area (Å²) in [5.74, 6) is -0.198. The Bertz CT molecular complexity index is 512. The van der Waals surface area contributed by atoms with E-state index in [1.807, 2.05) is 13.0 Å². The Morgan fingerprint density at radius 3 is 3.00 bits per heavy atom. The van der Waals surface area contributed by atoms with Crippen molar-refractivity contribution >= 4 is 10.8 Å². The SMILES string of the molecule is CC1OCCC1S(=O)Cc1cc(F)ccc1C#N. The van der Waals surface area contributed by atoms with Crippen molar-refractivity contribution in [2.24, 2.45) is 0 Å². The van der Waals surface area contributed by atoms with Gasteiger partial charge in [-0.15, -0.1) is 0 Å². The van der Waals surface area contributed by atoms with Gasteiger partial charge in [0.1, 0.15) is 5.82 Å². The highest BCUT2D eigenvalue weighted by molar-refractivity contribution is 7.84. The van der Waals surface area contributed by atoms with Crippen LogP contribution in [0, 0.1) is 17.1 Å². The molecule has 0 aliphatic carbocycles. The summed E-state index contributed by atoms with van der Waals surface area (Å²) < 4.78 is 30.7. The Kier molecular flexibility index (Phi) is 4.10. The number of halogens is 1. The lowest BCUT2D eigenvalue weighted by Gasteiger charge is -2.14. The molecule has 0 bridgehead atoms. The zero-order valence-corrected chi connectivity index (χ0v) is 10.9. The summed E-state index contributed by atoms with van der Waals surface area (Å²) in [6.45, 7) is 2.51. The third-order valence-corrected chi connectivity index (χ3v) is 5.02. The third-order valence-electron chi connectivity index (χ3n) is 3.13. The first-order valence-corrected chi connectivity index (χ1v) is 7.17. The molecule has 5 heteroatoms. The van der Waals surface area contributed by atoms with E-state index < -0.39 is 16.6 Å². The van der Waals surface area contributed by atoms with Gasteiger partial charge in [0.15, 0.2) is 0 Å². The van der Waals surface area contributed by atoms with Crippen LogP contribution < -0.4 is 0 Å². The van der Waals surface area contributed by atoms with E-state index in [2.05, 4.69) is 0 Å². The predicted octanol–water partition coefficient (Wildman–Crippen LogP) is 2.12. The van der Waals surface area contributed by atoms with E-state index in [9.17, 15) is 8.60 Å². The van der Waals surface area contributed by atoms with Crippen LogP contribution in [-0.4, -0.2) is 22.2 Å². The second-order valence-electron chi connectivity index (χ2n) is 4.34. The molecule has 0 N–H and O–H groups in total. The fraction of sp³-hybridized carbons (Fsp3) is 0.462. The highest BCUT2D eigenvalue weighted by atomic mass is 32.2. The van der Waals surface area contributed by atoms with E-state index >= 15 is 0 Å².